The molecule has 0 bridgehead atoms. The molecule has 4 rings (SSSR count). The number of para-hydroxylation sites is 1. The Bertz CT molecular complexity index is 1040. The van der Waals surface area contributed by atoms with E-state index in [1.807, 2.05) is 91.1 Å². The summed E-state index contributed by atoms with van der Waals surface area (Å²) in [5.41, 5.74) is 3.74. The summed E-state index contributed by atoms with van der Waals surface area (Å²) < 4.78 is 2.70. The van der Waals surface area contributed by atoms with E-state index in [1.54, 1.807) is 4.68 Å². The van der Waals surface area contributed by atoms with Gasteiger partial charge in [0.15, 0.2) is 5.78 Å². The number of hydrogen-bond donors (Lipinski definition) is 0. The van der Waals surface area contributed by atoms with Crippen molar-refractivity contribution in [3.05, 3.63) is 107 Å². The fraction of sp³-hybridized carbons (Fsp3) is 0. The number of nitrogens with zero attached hydrogens (tertiary/aromatic N) is 2. The van der Waals surface area contributed by atoms with E-state index in [4.69, 9.17) is 5.10 Å². The summed E-state index contributed by atoms with van der Waals surface area (Å²) in [5.74, 6) is -0.0430. The summed E-state index contributed by atoms with van der Waals surface area (Å²) in [6.07, 6.45) is 1.81. The first kappa shape index (κ1) is 16.5. The number of halogens is 1. The molecule has 0 atom stereocenters. The number of benzene rings is 3. The zero-order valence-corrected chi connectivity index (χ0v) is 15.4. The molecule has 0 aliphatic carbocycles. The van der Waals surface area contributed by atoms with Crippen LogP contribution in [-0.4, -0.2) is 15.6 Å². The highest BCUT2D eigenvalue weighted by atomic mass is 79.9. The number of hydrogen-bond acceptors (Lipinski definition) is 2. The summed E-state index contributed by atoms with van der Waals surface area (Å²) in [7, 11) is 0. The van der Waals surface area contributed by atoms with Gasteiger partial charge in [-0.05, 0) is 36.4 Å². The Hall–Kier alpha value is -2.98. The number of aromatic nitrogens is 2. The average molecular weight is 403 g/mol. The Kier molecular flexibility index (Phi) is 4.50. The van der Waals surface area contributed by atoms with Gasteiger partial charge in [-0.3, -0.25) is 4.79 Å². The van der Waals surface area contributed by atoms with E-state index in [2.05, 4.69) is 15.9 Å². The maximum Gasteiger partial charge on any atom is 0.196 e. The highest BCUT2D eigenvalue weighted by Crippen LogP contribution is 2.26. The zero-order chi connectivity index (χ0) is 17.9. The molecule has 0 unspecified atom stereocenters. The van der Waals surface area contributed by atoms with Crippen LogP contribution in [0.3, 0.4) is 0 Å². The van der Waals surface area contributed by atoms with Crippen LogP contribution in [0.15, 0.2) is 95.6 Å². The minimum absolute atomic E-state index is 0.0430. The molecule has 1 aromatic heterocycles. The Labute approximate surface area is 160 Å². The summed E-state index contributed by atoms with van der Waals surface area (Å²) in [6.45, 7) is 0. The second-order valence-corrected chi connectivity index (χ2v) is 6.79. The van der Waals surface area contributed by atoms with Crippen LogP contribution < -0.4 is 0 Å². The molecule has 0 fully saturated rings. The van der Waals surface area contributed by atoms with Gasteiger partial charge in [-0.15, -0.1) is 0 Å². The number of carbonyl (C=O) groups is 1. The van der Waals surface area contributed by atoms with Crippen molar-refractivity contribution in [1.82, 2.24) is 9.78 Å². The Morgan fingerprint density at radius 1 is 0.808 bits per heavy atom. The van der Waals surface area contributed by atoms with Gasteiger partial charge in [0.25, 0.3) is 0 Å². The van der Waals surface area contributed by atoms with E-state index in [-0.39, 0.29) is 5.78 Å². The van der Waals surface area contributed by atoms with E-state index >= 15 is 0 Å². The maximum atomic E-state index is 13.1. The van der Waals surface area contributed by atoms with Crippen LogP contribution in [0.1, 0.15) is 15.9 Å². The van der Waals surface area contributed by atoms with Crippen molar-refractivity contribution >= 4 is 21.7 Å². The third-order valence-corrected chi connectivity index (χ3v) is 4.66. The molecular formula is C22H15BrN2O. The van der Waals surface area contributed by atoms with Gasteiger partial charge in [0.2, 0.25) is 0 Å². The zero-order valence-electron chi connectivity index (χ0n) is 13.8. The molecule has 0 spiro atoms. The molecule has 4 heteroatoms. The maximum absolute atomic E-state index is 13.1. The van der Waals surface area contributed by atoms with Crippen molar-refractivity contribution in [2.24, 2.45) is 0 Å². The Morgan fingerprint density at radius 3 is 2.08 bits per heavy atom. The van der Waals surface area contributed by atoms with E-state index < -0.39 is 0 Å². The van der Waals surface area contributed by atoms with Crippen molar-refractivity contribution in [3.63, 3.8) is 0 Å². The fourth-order valence-electron chi connectivity index (χ4n) is 2.82. The molecular weight excluding hydrogens is 388 g/mol. The lowest BCUT2D eigenvalue weighted by atomic mass is 10.0. The average Bonchev–Trinajstić information content (AvgIpc) is 3.15. The molecule has 3 nitrogen and oxygen atoms in total. The van der Waals surface area contributed by atoms with Crippen LogP contribution >= 0.6 is 15.9 Å². The van der Waals surface area contributed by atoms with E-state index in [0.717, 1.165) is 15.7 Å². The summed E-state index contributed by atoms with van der Waals surface area (Å²) in [4.78, 5) is 13.1. The molecule has 0 amide bonds. The van der Waals surface area contributed by atoms with Crippen molar-refractivity contribution < 1.29 is 4.79 Å². The Balaban J connectivity index is 1.85. The van der Waals surface area contributed by atoms with Crippen molar-refractivity contribution in [2.45, 2.75) is 0 Å². The number of rotatable bonds is 4. The molecule has 0 saturated heterocycles. The van der Waals surface area contributed by atoms with E-state index in [9.17, 15) is 4.79 Å². The molecule has 4 aromatic rings. The molecule has 0 aliphatic rings. The fourth-order valence-corrected chi connectivity index (χ4v) is 3.08. The molecule has 1 heterocycles. The second-order valence-electron chi connectivity index (χ2n) is 5.87. The predicted molar refractivity (Wildman–Crippen MR) is 107 cm³/mol. The van der Waals surface area contributed by atoms with Crippen molar-refractivity contribution in [1.29, 1.82) is 0 Å². The molecule has 0 saturated carbocycles. The first-order chi connectivity index (χ1) is 12.7. The molecule has 26 heavy (non-hydrogen) atoms. The van der Waals surface area contributed by atoms with Crippen LogP contribution in [0, 0.1) is 0 Å². The SMILES string of the molecule is O=C(c1ccc(Br)cc1)c1cn(-c2ccccc2)nc1-c1ccccc1. The van der Waals surface area contributed by atoms with Gasteiger partial charge in [0.1, 0.15) is 5.69 Å². The van der Waals surface area contributed by atoms with Gasteiger partial charge in [0, 0.05) is 21.8 Å². The molecule has 126 valence electrons. The summed E-state index contributed by atoms with van der Waals surface area (Å²) in [5, 5.41) is 4.70. The molecule has 0 N–H and O–H groups in total. The van der Waals surface area contributed by atoms with Gasteiger partial charge in [0.05, 0.1) is 11.3 Å². The van der Waals surface area contributed by atoms with Gasteiger partial charge in [-0.1, -0.05) is 64.5 Å². The number of ketones is 1. The minimum Gasteiger partial charge on any atom is -0.288 e. The molecule has 0 radical (unpaired) electrons. The number of carbonyl (C=O) groups excluding carboxylic acids is 1. The van der Waals surface area contributed by atoms with Crippen LogP contribution in [0.2, 0.25) is 0 Å². The monoisotopic (exact) mass is 402 g/mol. The molecule has 0 aliphatic heterocycles. The predicted octanol–water partition coefficient (Wildman–Crippen LogP) is 5.53. The third-order valence-electron chi connectivity index (χ3n) is 4.13. The lowest BCUT2D eigenvalue weighted by molar-refractivity contribution is 0.103. The van der Waals surface area contributed by atoms with Crippen LogP contribution in [0.4, 0.5) is 0 Å². The summed E-state index contributed by atoms with van der Waals surface area (Å²) in [6, 6.07) is 27.0. The standard InChI is InChI=1S/C22H15BrN2O/c23-18-13-11-17(12-14-18)22(26)20-15-25(19-9-5-2-6-10-19)24-21(20)16-7-3-1-4-8-16/h1-15H. The van der Waals surface area contributed by atoms with Gasteiger partial charge in [-0.25, -0.2) is 4.68 Å². The largest absolute Gasteiger partial charge is 0.288 e. The van der Waals surface area contributed by atoms with Crippen LogP contribution in [-0.2, 0) is 0 Å². The normalized spacial score (nSPS) is 10.7. The molecule has 3 aromatic carbocycles. The smallest absolute Gasteiger partial charge is 0.196 e. The summed E-state index contributed by atoms with van der Waals surface area (Å²) >= 11 is 3.41. The first-order valence-corrected chi connectivity index (χ1v) is 9.02. The Morgan fingerprint density at radius 2 is 1.42 bits per heavy atom. The second kappa shape index (κ2) is 7.10. The van der Waals surface area contributed by atoms with Gasteiger partial charge in [-0.2, -0.15) is 5.10 Å². The van der Waals surface area contributed by atoms with Crippen molar-refractivity contribution in [2.75, 3.05) is 0 Å². The van der Waals surface area contributed by atoms with Crippen LogP contribution in [0.5, 0.6) is 0 Å². The first-order valence-electron chi connectivity index (χ1n) is 8.23. The minimum atomic E-state index is -0.0430. The van der Waals surface area contributed by atoms with E-state index in [1.165, 1.54) is 0 Å². The highest BCUT2D eigenvalue weighted by molar-refractivity contribution is 9.10. The van der Waals surface area contributed by atoms with Gasteiger partial charge < -0.3 is 0 Å². The van der Waals surface area contributed by atoms with Crippen molar-refractivity contribution in [3.8, 4) is 16.9 Å². The highest BCUT2D eigenvalue weighted by Gasteiger charge is 2.19. The topological polar surface area (TPSA) is 34.9 Å². The van der Waals surface area contributed by atoms with E-state index in [0.29, 0.717) is 16.8 Å². The van der Waals surface area contributed by atoms with Crippen LogP contribution in [0.25, 0.3) is 16.9 Å². The lowest BCUT2D eigenvalue weighted by Gasteiger charge is -2.02. The third kappa shape index (κ3) is 3.24. The lowest BCUT2D eigenvalue weighted by Crippen LogP contribution is -2.01. The quantitative estimate of drug-likeness (QED) is 0.420. The van der Waals surface area contributed by atoms with Gasteiger partial charge >= 0.3 is 0 Å².